The first kappa shape index (κ1) is 16.7. The van der Waals surface area contributed by atoms with Crippen LogP contribution in [0.15, 0.2) is 41.2 Å². The maximum Gasteiger partial charge on any atom is 0.421 e. The molecule has 0 atom stereocenters. The number of alkyl halides is 3. The van der Waals surface area contributed by atoms with E-state index in [1.807, 2.05) is 6.07 Å². The van der Waals surface area contributed by atoms with Crippen molar-refractivity contribution in [3.05, 3.63) is 63.6 Å². The topological polar surface area (TPSA) is 34.9 Å². The van der Waals surface area contributed by atoms with E-state index in [4.69, 9.17) is 0 Å². The molecule has 128 valence electrons. The van der Waals surface area contributed by atoms with Crippen molar-refractivity contribution < 1.29 is 13.2 Å². The van der Waals surface area contributed by atoms with E-state index in [1.165, 1.54) is 0 Å². The summed E-state index contributed by atoms with van der Waals surface area (Å²) in [6, 6.07) is 9.90. The average Bonchev–Trinajstić information content (AvgIpc) is 2.57. The molecular formula is C18H19F3N2O. The molecule has 3 rings (SSSR count). The van der Waals surface area contributed by atoms with E-state index >= 15 is 0 Å². The Labute approximate surface area is 138 Å². The minimum Gasteiger partial charge on any atom is -0.267 e. The van der Waals surface area contributed by atoms with Gasteiger partial charge in [0.05, 0.1) is 12.2 Å². The van der Waals surface area contributed by atoms with Gasteiger partial charge in [-0.15, -0.1) is 0 Å². The molecule has 0 saturated heterocycles. The summed E-state index contributed by atoms with van der Waals surface area (Å²) in [4.78, 5) is 12.2. The quantitative estimate of drug-likeness (QED) is 0.835. The number of hydrogen-bond acceptors (Lipinski definition) is 2. The Balaban J connectivity index is 2.04. The smallest absolute Gasteiger partial charge is 0.267 e. The second-order valence-corrected chi connectivity index (χ2v) is 6.26. The fourth-order valence-electron chi connectivity index (χ4n) is 3.23. The molecule has 24 heavy (non-hydrogen) atoms. The van der Waals surface area contributed by atoms with Crippen molar-refractivity contribution in [3.63, 3.8) is 0 Å². The van der Waals surface area contributed by atoms with Crippen LogP contribution in [0.2, 0.25) is 0 Å². The first-order valence-electron chi connectivity index (χ1n) is 8.18. The number of nitrogens with zero attached hydrogens (tertiary/aromatic N) is 2. The molecule has 1 saturated carbocycles. The standard InChI is InChI=1S/C18H19F3N2O/c19-18(20,21)15-11-16(14-9-5-2-6-10-14)22-23(17(15)24)12-13-7-3-1-4-8-13/h1,3-4,7-8,11,14H,2,5-6,9-10,12H2. The van der Waals surface area contributed by atoms with E-state index in [-0.39, 0.29) is 12.5 Å². The van der Waals surface area contributed by atoms with Gasteiger partial charge in [-0.1, -0.05) is 49.6 Å². The maximum atomic E-state index is 13.3. The maximum absolute atomic E-state index is 13.3. The van der Waals surface area contributed by atoms with Crippen LogP contribution in [-0.4, -0.2) is 9.78 Å². The highest BCUT2D eigenvalue weighted by Crippen LogP contribution is 2.34. The molecule has 0 radical (unpaired) electrons. The molecule has 0 bridgehead atoms. The molecule has 1 aromatic heterocycles. The molecule has 0 amide bonds. The van der Waals surface area contributed by atoms with Gasteiger partial charge in [-0.05, 0) is 24.5 Å². The molecule has 1 fully saturated rings. The van der Waals surface area contributed by atoms with Crippen molar-refractivity contribution in [3.8, 4) is 0 Å². The Bertz CT molecular complexity index is 747. The largest absolute Gasteiger partial charge is 0.421 e. The summed E-state index contributed by atoms with van der Waals surface area (Å²) in [5, 5.41) is 4.27. The molecule has 6 heteroatoms. The van der Waals surface area contributed by atoms with Gasteiger partial charge < -0.3 is 0 Å². The van der Waals surface area contributed by atoms with Crippen molar-refractivity contribution in [2.24, 2.45) is 0 Å². The van der Waals surface area contributed by atoms with Crippen LogP contribution in [0.4, 0.5) is 13.2 Å². The van der Waals surface area contributed by atoms with E-state index in [1.54, 1.807) is 24.3 Å². The van der Waals surface area contributed by atoms with Gasteiger partial charge in [-0.25, -0.2) is 4.68 Å². The van der Waals surface area contributed by atoms with Gasteiger partial charge in [0.25, 0.3) is 5.56 Å². The molecule has 1 aromatic carbocycles. The van der Waals surface area contributed by atoms with Gasteiger partial charge in [0.15, 0.2) is 0 Å². The van der Waals surface area contributed by atoms with E-state index < -0.39 is 17.3 Å². The van der Waals surface area contributed by atoms with Gasteiger partial charge in [0.2, 0.25) is 0 Å². The Morgan fingerprint density at radius 1 is 1.08 bits per heavy atom. The summed E-state index contributed by atoms with van der Waals surface area (Å²) in [5.74, 6) is 0.00229. The van der Waals surface area contributed by atoms with Crippen LogP contribution in [0.3, 0.4) is 0 Å². The van der Waals surface area contributed by atoms with Crippen LogP contribution in [0, 0.1) is 0 Å². The predicted molar refractivity (Wildman–Crippen MR) is 84.9 cm³/mol. The summed E-state index contributed by atoms with van der Waals surface area (Å²) in [6.07, 6.45) is 0.0762. The summed E-state index contributed by atoms with van der Waals surface area (Å²) < 4.78 is 40.8. The number of halogens is 3. The summed E-state index contributed by atoms with van der Waals surface area (Å²) >= 11 is 0. The van der Waals surface area contributed by atoms with Gasteiger partial charge in [0, 0.05) is 5.92 Å². The summed E-state index contributed by atoms with van der Waals surface area (Å²) in [7, 11) is 0. The van der Waals surface area contributed by atoms with Crippen LogP contribution in [-0.2, 0) is 12.7 Å². The van der Waals surface area contributed by atoms with Crippen LogP contribution >= 0.6 is 0 Å². The van der Waals surface area contributed by atoms with Crippen molar-refractivity contribution in [2.45, 2.75) is 50.7 Å². The van der Waals surface area contributed by atoms with Crippen molar-refractivity contribution >= 4 is 0 Å². The lowest BCUT2D eigenvalue weighted by Gasteiger charge is -2.22. The Morgan fingerprint density at radius 2 is 1.75 bits per heavy atom. The first-order chi connectivity index (χ1) is 11.4. The van der Waals surface area contributed by atoms with Crippen LogP contribution in [0.5, 0.6) is 0 Å². The van der Waals surface area contributed by atoms with Crippen molar-refractivity contribution in [1.29, 1.82) is 0 Å². The summed E-state index contributed by atoms with van der Waals surface area (Å²) in [5.41, 5.74) is -1.06. The third-order valence-electron chi connectivity index (χ3n) is 4.50. The first-order valence-corrected chi connectivity index (χ1v) is 8.18. The number of rotatable bonds is 3. The predicted octanol–water partition coefficient (Wildman–Crippen LogP) is 4.36. The second kappa shape index (κ2) is 6.79. The lowest BCUT2D eigenvalue weighted by atomic mass is 9.86. The molecule has 1 aliphatic rings. The molecule has 0 N–H and O–H groups in total. The molecule has 0 aliphatic heterocycles. The molecule has 1 aliphatic carbocycles. The molecular weight excluding hydrogens is 317 g/mol. The summed E-state index contributed by atoms with van der Waals surface area (Å²) in [6.45, 7) is 0.0450. The van der Waals surface area contributed by atoms with Crippen LogP contribution in [0.25, 0.3) is 0 Å². The third kappa shape index (κ3) is 3.68. The van der Waals surface area contributed by atoms with Gasteiger partial charge in [0.1, 0.15) is 5.56 Å². The van der Waals surface area contributed by atoms with Crippen LogP contribution < -0.4 is 5.56 Å². The zero-order valence-corrected chi connectivity index (χ0v) is 13.2. The fourth-order valence-corrected chi connectivity index (χ4v) is 3.23. The lowest BCUT2D eigenvalue weighted by Crippen LogP contribution is -2.32. The van der Waals surface area contributed by atoms with E-state index in [0.29, 0.717) is 5.69 Å². The van der Waals surface area contributed by atoms with Gasteiger partial charge >= 0.3 is 6.18 Å². The number of benzene rings is 1. The molecule has 2 aromatic rings. The SMILES string of the molecule is O=c1c(C(F)(F)F)cc(C2CCCCC2)nn1Cc1ccccc1. The molecule has 3 nitrogen and oxygen atoms in total. The highest BCUT2D eigenvalue weighted by Gasteiger charge is 2.36. The van der Waals surface area contributed by atoms with Crippen molar-refractivity contribution in [1.82, 2.24) is 9.78 Å². The number of aromatic nitrogens is 2. The average molecular weight is 336 g/mol. The van der Waals surface area contributed by atoms with Gasteiger partial charge in [-0.3, -0.25) is 4.79 Å². The molecule has 0 unspecified atom stereocenters. The second-order valence-electron chi connectivity index (χ2n) is 6.26. The Morgan fingerprint density at radius 3 is 2.38 bits per heavy atom. The minimum atomic E-state index is -4.66. The van der Waals surface area contributed by atoms with E-state index in [0.717, 1.165) is 48.4 Å². The Kier molecular flexibility index (Phi) is 4.73. The molecule has 0 spiro atoms. The van der Waals surface area contributed by atoms with Crippen molar-refractivity contribution in [2.75, 3.05) is 0 Å². The minimum absolute atomic E-state index is 0.00229. The third-order valence-corrected chi connectivity index (χ3v) is 4.50. The van der Waals surface area contributed by atoms with E-state index in [9.17, 15) is 18.0 Å². The van der Waals surface area contributed by atoms with Gasteiger partial charge in [-0.2, -0.15) is 18.3 Å². The van der Waals surface area contributed by atoms with Crippen LogP contribution in [0.1, 0.15) is 54.8 Å². The zero-order chi connectivity index (χ0) is 17.2. The highest BCUT2D eigenvalue weighted by molar-refractivity contribution is 5.21. The fraction of sp³-hybridized carbons (Fsp3) is 0.444. The Hall–Kier alpha value is -2.11. The molecule has 1 heterocycles. The normalized spacial score (nSPS) is 16.3. The zero-order valence-electron chi connectivity index (χ0n) is 13.2. The monoisotopic (exact) mass is 336 g/mol. The number of hydrogen-bond donors (Lipinski definition) is 0. The lowest BCUT2D eigenvalue weighted by molar-refractivity contribution is -0.139. The van der Waals surface area contributed by atoms with E-state index in [2.05, 4.69) is 5.10 Å². The highest BCUT2D eigenvalue weighted by atomic mass is 19.4.